The summed E-state index contributed by atoms with van der Waals surface area (Å²) in [4.78, 5) is 12.8. The van der Waals surface area contributed by atoms with Gasteiger partial charge in [-0.3, -0.25) is 0 Å². The number of alkyl halides is 3. The lowest BCUT2D eigenvalue weighted by atomic mass is 9.74. The Morgan fingerprint density at radius 1 is 1.28 bits per heavy atom. The van der Waals surface area contributed by atoms with Crippen LogP contribution in [0, 0.1) is 6.92 Å². The molecule has 1 N–H and O–H groups in total. The van der Waals surface area contributed by atoms with Crippen molar-refractivity contribution in [3.63, 3.8) is 0 Å². The highest BCUT2D eigenvalue weighted by Crippen LogP contribution is 2.58. The van der Waals surface area contributed by atoms with Gasteiger partial charge in [-0.2, -0.15) is 13.2 Å². The minimum absolute atomic E-state index is 0.175. The van der Waals surface area contributed by atoms with E-state index in [4.69, 9.17) is 13.9 Å². The van der Waals surface area contributed by atoms with Gasteiger partial charge in [0.25, 0.3) is 5.54 Å². The molecule has 3 heterocycles. The van der Waals surface area contributed by atoms with Gasteiger partial charge in [-0.05, 0) is 51.0 Å². The second kappa shape index (κ2) is 6.52. The highest BCUT2D eigenvalue weighted by molar-refractivity contribution is 5.89. The summed E-state index contributed by atoms with van der Waals surface area (Å²) in [7, 11) is 0. The van der Waals surface area contributed by atoms with Crippen LogP contribution in [0.15, 0.2) is 40.8 Å². The third-order valence-corrected chi connectivity index (χ3v) is 5.79. The van der Waals surface area contributed by atoms with Crippen LogP contribution in [-0.2, 0) is 19.9 Å². The maximum atomic E-state index is 14.5. The number of halogens is 3. The lowest BCUT2D eigenvalue weighted by molar-refractivity contribution is -0.229. The quantitative estimate of drug-likeness (QED) is 0.747. The maximum absolute atomic E-state index is 14.5. The number of benzene rings is 1. The van der Waals surface area contributed by atoms with Crippen LogP contribution in [0.4, 0.5) is 18.9 Å². The number of para-hydroxylation sites is 1. The Morgan fingerprint density at radius 2 is 2.00 bits per heavy atom. The number of rotatable bonds is 3. The lowest BCUT2D eigenvalue weighted by Crippen LogP contribution is -2.68. The smallest absolute Gasteiger partial charge is 0.425 e. The van der Waals surface area contributed by atoms with Crippen molar-refractivity contribution in [3.05, 3.63) is 53.5 Å². The van der Waals surface area contributed by atoms with Gasteiger partial charge in [0.15, 0.2) is 0 Å². The molecule has 1 aromatic carbocycles. The van der Waals surface area contributed by atoms with Crippen molar-refractivity contribution < 1.29 is 31.9 Å². The first-order valence-electron chi connectivity index (χ1n) is 9.48. The summed E-state index contributed by atoms with van der Waals surface area (Å²) in [6.45, 7) is 4.75. The topological polar surface area (TPSA) is 60.7 Å². The molecule has 2 aromatic rings. The molecule has 0 amide bonds. The molecule has 8 heteroatoms. The van der Waals surface area contributed by atoms with E-state index in [9.17, 15) is 18.0 Å². The predicted octanol–water partition coefficient (Wildman–Crippen LogP) is 4.67. The monoisotopic (exact) mass is 409 g/mol. The molecule has 29 heavy (non-hydrogen) atoms. The fraction of sp³-hybridized carbons (Fsp3) is 0.476. The van der Waals surface area contributed by atoms with E-state index in [-0.39, 0.29) is 18.7 Å². The number of fused-ring (bicyclic) bond motifs is 3. The summed E-state index contributed by atoms with van der Waals surface area (Å²) in [6.07, 6.45) is -6.22. The van der Waals surface area contributed by atoms with E-state index < -0.39 is 35.3 Å². The van der Waals surface area contributed by atoms with Crippen LogP contribution in [0.1, 0.15) is 43.3 Å². The number of hydrogen-bond donors (Lipinski definition) is 1. The van der Waals surface area contributed by atoms with Gasteiger partial charge in [0.05, 0.1) is 6.61 Å². The molecule has 0 saturated carbocycles. The molecule has 0 aliphatic carbocycles. The lowest BCUT2D eigenvalue weighted by Gasteiger charge is -2.45. The van der Waals surface area contributed by atoms with Gasteiger partial charge < -0.3 is 19.2 Å². The number of furan rings is 1. The minimum atomic E-state index is -4.94. The van der Waals surface area contributed by atoms with Crippen LogP contribution in [0.2, 0.25) is 0 Å². The van der Waals surface area contributed by atoms with Crippen LogP contribution < -0.4 is 5.32 Å². The van der Waals surface area contributed by atoms with E-state index >= 15 is 0 Å². The van der Waals surface area contributed by atoms with E-state index in [0.717, 1.165) is 0 Å². The van der Waals surface area contributed by atoms with E-state index in [0.29, 0.717) is 17.1 Å². The number of aryl methyl sites for hydroxylation is 1. The van der Waals surface area contributed by atoms with Crippen molar-refractivity contribution in [2.45, 2.75) is 56.5 Å². The Labute approximate surface area is 166 Å². The van der Waals surface area contributed by atoms with Crippen molar-refractivity contribution in [2.24, 2.45) is 0 Å². The van der Waals surface area contributed by atoms with Crippen LogP contribution in [0.3, 0.4) is 0 Å². The van der Waals surface area contributed by atoms with Crippen molar-refractivity contribution in [3.8, 4) is 0 Å². The molecule has 0 bridgehead atoms. The molecule has 5 nitrogen and oxygen atoms in total. The zero-order chi connectivity index (χ0) is 21.0. The summed E-state index contributed by atoms with van der Waals surface area (Å²) >= 11 is 0. The van der Waals surface area contributed by atoms with Gasteiger partial charge >= 0.3 is 12.1 Å². The highest BCUT2D eigenvalue weighted by atomic mass is 19.4. The largest absolute Gasteiger partial charge is 0.464 e. The summed E-state index contributed by atoms with van der Waals surface area (Å²) < 4.78 is 60.1. The van der Waals surface area contributed by atoms with E-state index in [2.05, 4.69) is 5.32 Å². The summed E-state index contributed by atoms with van der Waals surface area (Å²) in [5.74, 6) is -1.00. The second-order valence-electron chi connectivity index (χ2n) is 7.73. The number of esters is 1. The number of ether oxygens (including phenoxy) is 2. The Kier molecular flexibility index (Phi) is 4.45. The Balaban J connectivity index is 1.89. The van der Waals surface area contributed by atoms with Gasteiger partial charge in [-0.25, -0.2) is 4.79 Å². The average Bonchev–Trinajstić information content (AvgIpc) is 3.24. The Morgan fingerprint density at radius 3 is 2.62 bits per heavy atom. The van der Waals surface area contributed by atoms with E-state index in [1.807, 2.05) is 0 Å². The summed E-state index contributed by atoms with van der Waals surface area (Å²) in [6, 6.07) is 10.1. The first-order valence-corrected chi connectivity index (χ1v) is 9.48. The highest BCUT2D eigenvalue weighted by Gasteiger charge is 2.73. The van der Waals surface area contributed by atoms with Crippen LogP contribution in [-0.4, -0.2) is 30.4 Å². The number of carbonyl (C=O) groups excluding carboxylic acids is 1. The second-order valence-corrected chi connectivity index (χ2v) is 7.73. The molecule has 1 aromatic heterocycles. The minimum Gasteiger partial charge on any atom is -0.464 e. The first kappa shape index (κ1) is 19.8. The SMILES string of the molecule is CCOC(=O)[C@@]1(C(F)(F)F)Nc2ccccc2[C@H]2C[C@](C)(c3ccc(C)o3)O[C@H]21. The third-order valence-electron chi connectivity index (χ3n) is 5.79. The summed E-state index contributed by atoms with van der Waals surface area (Å²) in [5, 5.41) is 2.45. The standard InChI is InChI=1S/C21H22F3NO4/c1-4-27-18(26)20(21(22,23)24)17-14(13-7-5-6-8-15(13)25-20)11-19(3,29-17)16-10-9-12(2)28-16/h5-10,14,17,25H,4,11H2,1-3H3/t14-,17-,19-,20+/m1/s1. The van der Waals surface area contributed by atoms with E-state index in [1.165, 1.54) is 13.0 Å². The molecule has 1 fully saturated rings. The maximum Gasteiger partial charge on any atom is 0.425 e. The molecule has 2 aliphatic rings. The predicted molar refractivity (Wildman–Crippen MR) is 98.5 cm³/mol. The molecule has 0 spiro atoms. The number of hydrogen-bond acceptors (Lipinski definition) is 5. The van der Waals surface area contributed by atoms with Gasteiger partial charge in [0.1, 0.15) is 23.2 Å². The van der Waals surface area contributed by atoms with Gasteiger partial charge in [0.2, 0.25) is 0 Å². The Hall–Kier alpha value is -2.48. The Bertz CT molecular complexity index is 940. The summed E-state index contributed by atoms with van der Waals surface area (Å²) in [5.41, 5.74) is -3.20. The van der Waals surface area contributed by atoms with Gasteiger partial charge in [-0.1, -0.05) is 18.2 Å². The van der Waals surface area contributed by atoms with Crippen LogP contribution in [0.25, 0.3) is 0 Å². The van der Waals surface area contributed by atoms with Crippen molar-refractivity contribution in [1.82, 2.24) is 0 Å². The normalized spacial score (nSPS) is 31.0. The molecule has 156 valence electrons. The average molecular weight is 409 g/mol. The molecular formula is C21H22F3NO4. The van der Waals surface area contributed by atoms with Gasteiger partial charge in [0, 0.05) is 11.6 Å². The number of carbonyl (C=O) groups is 1. The third kappa shape index (κ3) is 2.84. The zero-order valence-corrected chi connectivity index (χ0v) is 16.3. The van der Waals surface area contributed by atoms with Crippen LogP contribution in [0.5, 0.6) is 0 Å². The molecule has 0 unspecified atom stereocenters. The molecular weight excluding hydrogens is 387 g/mol. The van der Waals surface area contributed by atoms with E-state index in [1.54, 1.807) is 44.2 Å². The van der Waals surface area contributed by atoms with Crippen molar-refractivity contribution in [1.29, 1.82) is 0 Å². The van der Waals surface area contributed by atoms with Crippen LogP contribution >= 0.6 is 0 Å². The van der Waals surface area contributed by atoms with Crippen molar-refractivity contribution in [2.75, 3.05) is 11.9 Å². The molecule has 0 radical (unpaired) electrons. The van der Waals surface area contributed by atoms with Gasteiger partial charge in [-0.15, -0.1) is 0 Å². The number of nitrogens with one attached hydrogen (secondary N) is 1. The van der Waals surface area contributed by atoms with Crippen molar-refractivity contribution >= 4 is 11.7 Å². The molecule has 1 saturated heterocycles. The number of anilines is 1. The first-order chi connectivity index (χ1) is 13.6. The molecule has 2 aliphatic heterocycles. The molecule has 4 rings (SSSR count). The fourth-order valence-electron chi connectivity index (χ4n) is 4.46. The molecule has 4 atom stereocenters. The zero-order valence-electron chi connectivity index (χ0n) is 16.3. The fourth-order valence-corrected chi connectivity index (χ4v) is 4.46.